The minimum Gasteiger partial charge on any atom is -0.508 e. The summed E-state index contributed by atoms with van der Waals surface area (Å²) in [5, 5.41) is 20.1. The Morgan fingerprint density at radius 3 is 2.25 bits per heavy atom. The lowest BCUT2D eigenvalue weighted by Crippen LogP contribution is -2.18. The van der Waals surface area contributed by atoms with E-state index < -0.39 is 0 Å². The van der Waals surface area contributed by atoms with Crippen molar-refractivity contribution in [1.82, 2.24) is 0 Å². The zero-order chi connectivity index (χ0) is 14.5. The second-order valence-electron chi connectivity index (χ2n) is 6.43. The molecule has 112 valence electrons. The van der Waals surface area contributed by atoms with Crippen LogP contribution in [0.25, 0.3) is 0 Å². The molecule has 1 saturated carbocycles. The Labute approximate surface area is 122 Å². The summed E-state index contributed by atoms with van der Waals surface area (Å²) >= 11 is 0. The first-order valence-electron chi connectivity index (χ1n) is 8.14. The highest BCUT2D eigenvalue weighted by Crippen LogP contribution is 2.42. The topological polar surface area (TPSA) is 40.5 Å². The highest BCUT2D eigenvalue weighted by atomic mass is 16.3. The maximum absolute atomic E-state index is 10.1. The lowest BCUT2D eigenvalue weighted by Gasteiger charge is -2.30. The molecule has 0 aliphatic heterocycles. The predicted octanol–water partition coefficient (Wildman–Crippen LogP) is 5.20. The van der Waals surface area contributed by atoms with Gasteiger partial charge in [-0.1, -0.05) is 52.0 Å². The van der Waals surface area contributed by atoms with Gasteiger partial charge < -0.3 is 10.2 Å². The maximum atomic E-state index is 10.1. The van der Waals surface area contributed by atoms with Crippen LogP contribution in [0.2, 0.25) is 0 Å². The molecular formula is C18H28O2. The molecule has 2 heteroatoms. The minimum absolute atomic E-state index is 0.243. The molecule has 2 atom stereocenters. The molecule has 1 aliphatic carbocycles. The van der Waals surface area contributed by atoms with Crippen molar-refractivity contribution in [1.29, 1.82) is 0 Å². The van der Waals surface area contributed by atoms with Crippen LogP contribution in [-0.2, 0) is 0 Å². The van der Waals surface area contributed by atoms with Crippen molar-refractivity contribution in [2.24, 2.45) is 11.8 Å². The zero-order valence-electron chi connectivity index (χ0n) is 12.8. The van der Waals surface area contributed by atoms with Crippen LogP contribution in [0, 0.1) is 11.8 Å². The Balaban J connectivity index is 2.08. The first-order valence-corrected chi connectivity index (χ1v) is 8.14. The first-order chi connectivity index (χ1) is 9.63. The van der Waals surface area contributed by atoms with Crippen LogP contribution >= 0.6 is 0 Å². The summed E-state index contributed by atoms with van der Waals surface area (Å²) in [6.45, 7) is 4.49. The Morgan fingerprint density at radius 1 is 1.10 bits per heavy atom. The normalized spacial score (nSPS) is 19.7. The molecular weight excluding hydrogens is 248 g/mol. The quantitative estimate of drug-likeness (QED) is 0.776. The van der Waals surface area contributed by atoms with E-state index >= 15 is 0 Å². The van der Waals surface area contributed by atoms with Gasteiger partial charge in [-0.15, -0.1) is 0 Å². The van der Waals surface area contributed by atoms with Gasteiger partial charge in [0.05, 0.1) is 0 Å². The van der Waals surface area contributed by atoms with E-state index in [1.165, 1.54) is 32.1 Å². The number of hydrogen-bond donors (Lipinski definition) is 2. The molecule has 1 aliphatic rings. The van der Waals surface area contributed by atoms with Gasteiger partial charge in [0.2, 0.25) is 0 Å². The molecule has 2 N–H and O–H groups in total. The van der Waals surface area contributed by atoms with Crippen molar-refractivity contribution in [2.75, 3.05) is 0 Å². The Hall–Kier alpha value is -1.18. The van der Waals surface area contributed by atoms with Gasteiger partial charge in [0.1, 0.15) is 11.5 Å². The fourth-order valence-electron chi connectivity index (χ4n) is 3.79. The van der Waals surface area contributed by atoms with Crippen LogP contribution in [0.3, 0.4) is 0 Å². The number of aromatic hydroxyl groups is 2. The number of benzene rings is 1. The SMILES string of the molecule is CCC(CC(C)C1CCCCC1)c1c(O)cccc1O. The minimum atomic E-state index is 0.243. The molecule has 0 saturated heterocycles. The Morgan fingerprint density at radius 2 is 1.70 bits per heavy atom. The lowest BCUT2D eigenvalue weighted by molar-refractivity contribution is 0.238. The van der Waals surface area contributed by atoms with Crippen molar-refractivity contribution in [3.8, 4) is 11.5 Å². The molecule has 0 radical (unpaired) electrons. The van der Waals surface area contributed by atoms with E-state index in [2.05, 4.69) is 13.8 Å². The predicted molar refractivity (Wildman–Crippen MR) is 83.2 cm³/mol. The Bertz CT molecular complexity index is 401. The summed E-state index contributed by atoms with van der Waals surface area (Å²) in [4.78, 5) is 0. The van der Waals surface area contributed by atoms with E-state index in [9.17, 15) is 10.2 Å². The first kappa shape index (κ1) is 15.2. The third-order valence-corrected chi connectivity index (χ3v) is 5.07. The standard InChI is InChI=1S/C18H28O2/c1-3-14(18-16(19)10-7-11-17(18)20)12-13(2)15-8-5-4-6-9-15/h7,10-11,13-15,19-20H,3-6,8-9,12H2,1-2H3. The number of hydrogen-bond acceptors (Lipinski definition) is 2. The highest BCUT2D eigenvalue weighted by molar-refractivity contribution is 5.45. The summed E-state index contributed by atoms with van der Waals surface area (Å²) in [5.41, 5.74) is 0.748. The summed E-state index contributed by atoms with van der Waals surface area (Å²) < 4.78 is 0. The van der Waals surface area contributed by atoms with E-state index in [4.69, 9.17) is 0 Å². The van der Waals surface area contributed by atoms with Gasteiger partial charge in [-0.3, -0.25) is 0 Å². The second-order valence-corrected chi connectivity index (χ2v) is 6.43. The molecule has 0 amide bonds. The van der Waals surface area contributed by atoms with Crippen LogP contribution in [0.5, 0.6) is 11.5 Å². The largest absolute Gasteiger partial charge is 0.508 e. The second kappa shape index (κ2) is 7.01. The fraction of sp³-hybridized carbons (Fsp3) is 0.667. The van der Waals surface area contributed by atoms with E-state index in [0.717, 1.165) is 24.3 Å². The third kappa shape index (κ3) is 3.47. The van der Waals surface area contributed by atoms with Crippen LogP contribution in [0.15, 0.2) is 18.2 Å². The maximum Gasteiger partial charge on any atom is 0.122 e. The van der Waals surface area contributed by atoms with Crippen LogP contribution in [0.4, 0.5) is 0 Å². The molecule has 0 bridgehead atoms. The van der Waals surface area contributed by atoms with Crippen LogP contribution < -0.4 is 0 Å². The number of phenolic OH excluding ortho intramolecular Hbond substituents is 2. The van der Waals surface area contributed by atoms with Gasteiger partial charge in [0, 0.05) is 5.56 Å². The average molecular weight is 276 g/mol. The molecule has 2 unspecified atom stereocenters. The Kier molecular flexibility index (Phi) is 5.33. The molecule has 1 fully saturated rings. The van der Waals surface area contributed by atoms with Gasteiger partial charge in [-0.2, -0.15) is 0 Å². The monoisotopic (exact) mass is 276 g/mol. The number of phenols is 2. The smallest absolute Gasteiger partial charge is 0.122 e. The van der Waals surface area contributed by atoms with Crippen LogP contribution in [-0.4, -0.2) is 10.2 Å². The van der Waals surface area contributed by atoms with Gasteiger partial charge in [0.15, 0.2) is 0 Å². The van der Waals surface area contributed by atoms with E-state index in [1.807, 2.05) is 0 Å². The average Bonchev–Trinajstić information content (AvgIpc) is 2.46. The molecule has 1 aromatic carbocycles. The molecule has 1 aromatic rings. The molecule has 20 heavy (non-hydrogen) atoms. The van der Waals surface area contributed by atoms with Crippen molar-refractivity contribution in [2.45, 2.75) is 64.7 Å². The number of rotatable bonds is 5. The fourth-order valence-corrected chi connectivity index (χ4v) is 3.79. The summed E-state index contributed by atoms with van der Waals surface area (Å²) in [6, 6.07) is 5.07. The van der Waals surface area contributed by atoms with Gasteiger partial charge in [-0.25, -0.2) is 0 Å². The van der Waals surface area contributed by atoms with Crippen molar-refractivity contribution >= 4 is 0 Å². The van der Waals surface area contributed by atoms with E-state index in [1.54, 1.807) is 18.2 Å². The molecule has 0 aromatic heterocycles. The summed E-state index contributed by atoms with van der Waals surface area (Å²) in [6.07, 6.45) is 8.85. The zero-order valence-corrected chi connectivity index (χ0v) is 12.8. The lowest BCUT2D eigenvalue weighted by atomic mass is 9.75. The molecule has 2 nitrogen and oxygen atoms in total. The van der Waals surface area contributed by atoms with Crippen LogP contribution in [0.1, 0.15) is 70.3 Å². The van der Waals surface area contributed by atoms with Crippen molar-refractivity contribution in [3.05, 3.63) is 23.8 Å². The van der Waals surface area contributed by atoms with Gasteiger partial charge in [0.25, 0.3) is 0 Å². The van der Waals surface area contributed by atoms with Gasteiger partial charge in [-0.05, 0) is 42.7 Å². The summed E-state index contributed by atoms with van der Waals surface area (Å²) in [5.74, 6) is 2.23. The summed E-state index contributed by atoms with van der Waals surface area (Å²) in [7, 11) is 0. The molecule has 2 rings (SSSR count). The molecule has 0 heterocycles. The van der Waals surface area contributed by atoms with E-state index in [0.29, 0.717) is 5.92 Å². The van der Waals surface area contributed by atoms with E-state index in [-0.39, 0.29) is 17.4 Å². The molecule has 0 spiro atoms. The third-order valence-electron chi connectivity index (χ3n) is 5.07. The highest BCUT2D eigenvalue weighted by Gasteiger charge is 2.25. The van der Waals surface area contributed by atoms with Crippen molar-refractivity contribution in [3.63, 3.8) is 0 Å². The van der Waals surface area contributed by atoms with Gasteiger partial charge >= 0.3 is 0 Å². The van der Waals surface area contributed by atoms with Crippen molar-refractivity contribution < 1.29 is 10.2 Å².